The third-order valence-electron chi connectivity index (χ3n) is 6.35. The van der Waals surface area contributed by atoms with Crippen LogP contribution in [0, 0.1) is 23.2 Å². The first kappa shape index (κ1) is 17.1. The summed E-state index contributed by atoms with van der Waals surface area (Å²) in [7, 11) is 0. The molecule has 4 bridgehead atoms. The molecule has 0 aliphatic heterocycles. The van der Waals surface area contributed by atoms with Crippen molar-refractivity contribution in [2.75, 3.05) is 13.1 Å². The van der Waals surface area contributed by atoms with Gasteiger partial charge in [-0.05, 0) is 89.8 Å². The molecular formula is C20H25BrN2O2. The highest BCUT2D eigenvalue weighted by Gasteiger charge is 2.50. The summed E-state index contributed by atoms with van der Waals surface area (Å²) < 4.78 is 0.737. The summed E-state index contributed by atoms with van der Waals surface area (Å²) in [6.45, 7) is 0.812. The molecule has 4 aliphatic carbocycles. The van der Waals surface area contributed by atoms with Gasteiger partial charge < -0.3 is 10.6 Å². The zero-order chi connectivity index (χ0) is 17.4. The lowest BCUT2D eigenvalue weighted by atomic mass is 9.49. The van der Waals surface area contributed by atoms with E-state index in [0.29, 0.717) is 11.0 Å². The zero-order valence-electron chi connectivity index (χ0n) is 14.4. The summed E-state index contributed by atoms with van der Waals surface area (Å²) in [5, 5.41) is 5.81. The first-order valence-electron chi connectivity index (χ1n) is 9.32. The minimum absolute atomic E-state index is 0.0343. The number of carbonyl (C=O) groups excluding carboxylic acids is 2. The molecule has 0 aromatic heterocycles. The highest BCUT2D eigenvalue weighted by Crippen LogP contribution is 2.59. The maximum Gasteiger partial charge on any atom is 0.252 e. The van der Waals surface area contributed by atoms with Crippen LogP contribution < -0.4 is 10.6 Å². The quantitative estimate of drug-likeness (QED) is 0.788. The number of hydrogen-bond donors (Lipinski definition) is 2. The van der Waals surface area contributed by atoms with E-state index in [-0.39, 0.29) is 18.4 Å². The van der Waals surface area contributed by atoms with Gasteiger partial charge in [0.25, 0.3) is 5.91 Å². The Kier molecular flexibility index (Phi) is 4.61. The second kappa shape index (κ2) is 6.75. The van der Waals surface area contributed by atoms with E-state index in [2.05, 4.69) is 26.6 Å². The van der Waals surface area contributed by atoms with Gasteiger partial charge in [-0.2, -0.15) is 0 Å². The minimum Gasteiger partial charge on any atom is -0.354 e. The molecular weight excluding hydrogens is 380 g/mol. The number of hydrogen-bond acceptors (Lipinski definition) is 2. The molecule has 0 radical (unpaired) electrons. The third-order valence-corrected chi connectivity index (χ3v) is 7.05. The van der Waals surface area contributed by atoms with Gasteiger partial charge in [-0.15, -0.1) is 0 Å². The van der Waals surface area contributed by atoms with E-state index in [1.807, 2.05) is 18.2 Å². The molecule has 4 fully saturated rings. The molecule has 25 heavy (non-hydrogen) atoms. The van der Waals surface area contributed by atoms with Crippen LogP contribution in [0.25, 0.3) is 0 Å². The van der Waals surface area contributed by atoms with Gasteiger partial charge in [0.15, 0.2) is 0 Å². The van der Waals surface area contributed by atoms with Gasteiger partial charge in [0.1, 0.15) is 0 Å². The summed E-state index contributed by atoms with van der Waals surface area (Å²) in [4.78, 5) is 24.4. The molecule has 4 aliphatic rings. The summed E-state index contributed by atoms with van der Waals surface area (Å²) in [6, 6.07) is 7.24. The lowest BCUT2D eigenvalue weighted by Gasteiger charge is -2.56. The van der Waals surface area contributed by atoms with Crippen molar-refractivity contribution in [2.45, 2.75) is 38.5 Å². The average Bonchev–Trinajstić information content (AvgIpc) is 2.57. The van der Waals surface area contributed by atoms with Crippen molar-refractivity contribution in [1.82, 2.24) is 10.6 Å². The second-order valence-corrected chi connectivity index (χ2v) is 9.21. The molecule has 4 nitrogen and oxygen atoms in total. The Morgan fingerprint density at radius 1 is 1.00 bits per heavy atom. The largest absolute Gasteiger partial charge is 0.354 e. The smallest absolute Gasteiger partial charge is 0.252 e. The molecule has 2 amide bonds. The second-order valence-electron chi connectivity index (χ2n) is 8.36. The fourth-order valence-corrected chi connectivity index (χ4v) is 6.22. The molecule has 0 unspecified atom stereocenters. The van der Waals surface area contributed by atoms with Crippen LogP contribution in [0.2, 0.25) is 0 Å². The van der Waals surface area contributed by atoms with E-state index in [9.17, 15) is 9.59 Å². The summed E-state index contributed by atoms with van der Waals surface area (Å²) >= 11 is 3.36. The van der Waals surface area contributed by atoms with Crippen molar-refractivity contribution in [3.63, 3.8) is 0 Å². The van der Waals surface area contributed by atoms with Gasteiger partial charge in [0.05, 0.1) is 12.1 Å². The number of benzene rings is 1. The molecule has 4 saturated carbocycles. The maximum absolute atomic E-state index is 12.2. The number of nitrogens with one attached hydrogen (secondary N) is 2. The highest BCUT2D eigenvalue weighted by molar-refractivity contribution is 9.10. The van der Waals surface area contributed by atoms with Crippen LogP contribution in [0.15, 0.2) is 28.7 Å². The molecule has 1 aromatic carbocycles. The number of halogens is 1. The van der Waals surface area contributed by atoms with Crippen LogP contribution in [0.5, 0.6) is 0 Å². The van der Waals surface area contributed by atoms with E-state index < -0.39 is 0 Å². The van der Waals surface area contributed by atoms with Crippen molar-refractivity contribution < 1.29 is 9.59 Å². The Hall–Kier alpha value is -1.36. The topological polar surface area (TPSA) is 58.2 Å². The summed E-state index contributed by atoms with van der Waals surface area (Å²) in [5.74, 6) is 2.35. The molecule has 2 N–H and O–H groups in total. The SMILES string of the molecule is O=C(CNC(=O)c1ccccc1Br)NCC12CC3CC(CC(C3)C1)C2. The predicted molar refractivity (Wildman–Crippen MR) is 100 cm³/mol. The lowest BCUT2D eigenvalue weighted by Crippen LogP contribution is -2.52. The minimum atomic E-state index is -0.225. The van der Waals surface area contributed by atoms with Crippen molar-refractivity contribution >= 4 is 27.7 Å². The fraction of sp³-hybridized carbons (Fsp3) is 0.600. The normalized spacial score (nSPS) is 32.4. The van der Waals surface area contributed by atoms with E-state index in [1.54, 1.807) is 6.07 Å². The molecule has 5 rings (SSSR count). The Morgan fingerprint density at radius 2 is 1.60 bits per heavy atom. The number of amides is 2. The van der Waals surface area contributed by atoms with Gasteiger partial charge in [-0.1, -0.05) is 12.1 Å². The van der Waals surface area contributed by atoms with Crippen LogP contribution >= 0.6 is 15.9 Å². The summed E-state index contributed by atoms with van der Waals surface area (Å²) in [6.07, 6.45) is 8.08. The molecule has 0 saturated heterocycles. The van der Waals surface area contributed by atoms with E-state index >= 15 is 0 Å². The molecule has 134 valence electrons. The number of rotatable bonds is 5. The molecule has 0 heterocycles. The van der Waals surface area contributed by atoms with Crippen molar-refractivity contribution in [3.8, 4) is 0 Å². The van der Waals surface area contributed by atoms with Crippen LogP contribution in [-0.4, -0.2) is 24.9 Å². The first-order valence-corrected chi connectivity index (χ1v) is 10.1. The Bertz CT molecular complexity index is 653. The fourth-order valence-electron chi connectivity index (χ4n) is 5.76. The predicted octanol–water partition coefficient (Wildman–Crippen LogP) is 3.51. The van der Waals surface area contributed by atoms with Crippen molar-refractivity contribution in [1.29, 1.82) is 0 Å². The van der Waals surface area contributed by atoms with Crippen LogP contribution in [0.4, 0.5) is 0 Å². The first-order chi connectivity index (χ1) is 12.0. The average molecular weight is 405 g/mol. The summed E-state index contributed by atoms with van der Waals surface area (Å²) in [5.41, 5.74) is 0.882. The van der Waals surface area contributed by atoms with Crippen LogP contribution in [0.3, 0.4) is 0 Å². The van der Waals surface area contributed by atoms with Crippen LogP contribution in [0.1, 0.15) is 48.9 Å². The van der Waals surface area contributed by atoms with Gasteiger partial charge in [-0.3, -0.25) is 9.59 Å². The van der Waals surface area contributed by atoms with Gasteiger partial charge >= 0.3 is 0 Å². The third kappa shape index (κ3) is 3.62. The monoisotopic (exact) mass is 404 g/mol. The Labute approximate surface area is 157 Å². The van der Waals surface area contributed by atoms with Gasteiger partial charge in [0, 0.05) is 11.0 Å². The Morgan fingerprint density at radius 3 is 2.20 bits per heavy atom. The van der Waals surface area contributed by atoms with E-state index in [0.717, 1.165) is 28.8 Å². The Balaban J connectivity index is 1.27. The number of carbonyl (C=O) groups is 2. The van der Waals surface area contributed by atoms with Gasteiger partial charge in [-0.25, -0.2) is 0 Å². The van der Waals surface area contributed by atoms with Gasteiger partial charge in [0.2, 0.25) is 5.91 Å². The standard InChI is InChI=1S/C20H25BrN2O2/c21-17-4-2-1-3-16(17)19(25)22-11-18(24)23-12-20-8-13-5-14(9-20)7-15(6-13)10-20/h1-4,13-15H,5-12H2,(H,22,25)(H,23,24). The van der Waals surface area contributed by atoms with Crippen LogP contribution in [-0.2, 0) is 4.79 Å². The van der Waals surface area contributed by atoms with E-state index in [4.69, 9.17) is 0 Å². The van der Waals surface area contributed by atoms with Crippen molar-refractivity contribution in [3.05, 3.63) is 34.3 Å². The maximum atomic E-state index is 12.2. The molecule has 1 aromatic rings. The molecule has 5 heteroatoms. The van der Waals surface area contributed by atoms with E-state index in [1.165, 1.54) is 38.5 Å². The highest BCUT2D eigenvalue weighted by atomic mass is 79.9. The molecule has 0 spiro atoms. The lowest BCUT2D eigenvalue weighted by molar-refractivity contribution is -0.122. The van der Waals surface area contributed by atoms with Crippen molar-refractivity contribution in [2.24, 2.45) is 23.2 Å². The zero-order valence-corrected chi connectivity index (χ0v) is 16.0. The molecule has 0 atom stereocenters.